The third kappa shape index (κ3) is 2.26. The maximum absolute atomic E-state index is 11.4. The number of nitrogens with zero attached hydrogens (tertiary/aromatic N) is 3. The lowest BCUT2D eigenvalue weighted by atomic mass is 10.0. The minimum absolute atomic E-state index is 0.0487. The Balaban J connectivity index is 3.42. The van der Waals surface area contributed by atoms with Crippen LogP contribution in [0.15, 0.2) is 36.0 Å². The summed E-state index contributed by atoms with van der Waals surface area (Å²) >= 11 is 0. The van der Waals surface area contributed by atoms with Crippen molar-refractivity contribution in [2.75, 3.05) is 0 Å². The summed E-state index contributed by atoms with van der Waals surface area (Å²) in [6.07, 6.45) is 1.00. The third-order valence-corrected chi connectivity index (χ3v) is 1.84. The molecule has 0 saturated heterocycles. The molecule has 6 heteroatoms. The molecule has 0 aliphatic heterocycles. The molecule has 0 aliphatic carbocycles. The van der Waals surface area contributed by atoms with Gasteiger partial charge in [-0.3, -0.25) is 4.79 Å². The number of benzene rings is 1. The van der Waals surface area contributed by atoms with Crippen molar-refractivity contribution >= 4 is 17.4 Å². The van der Waals surface area contributed by atoms with Crippen LogP contribution in [-0.2, 0) is 0 Å². The fourth-order valence-electron chi connectivity index (χ4n) is 1.15. The largest absolute Gasteiger partial charge is 0.478 e. The number of rotatable bonds is 4. The zero-order valence-corrected chi connectivity index (χ0v) is 8.12. The highest BCUT2D eigenvalue weighted by molar-refractivity contribution is 6.11. The van der Waals surface area contributed by atoms with Gasteiger partial charge in [-0.25, -0.2) is 4.79 Å². The van der Waals surface area contributed by atoms with Crippen molar-refractivity contribution < 1.29 is 14.7 Å². The van der Waals surface area contributed by atoms with Crippen molar-refractivity contribution in [2.45, 2.75) is 0 Å². The maximum atomic E-state index is 11.4. The van der Waals surface area contributed by atoms with Crippen LogP contribution in [0, 0.1) is 0 Å². The first kappa shape index (κ1) is 11.5. The lowest BCUT2D eigenvalue weighted by molar-refractivity contribution is 0.0693. The summed E-state index contributed by atoms with van der Waals surface area (Å²) in [6.45, 7) is 3.27. The number of hydrogen-bond acceptors (Lipinski definition) is 3. The van der Waals surface area contributed by atoms with Gasteiger partial charge in [0, 0.05) is 16.2 Å². The number of ketones is 1. The average Bonchev–Trinajstić information content (AvgIpc) is 2.28. The fourth-order valence-corrected chi connectivity index (χ4v) is 1.15. The number of azide groups is 1. The van der Waals surface area contributed by atoms with E-state index >= 15 is 0 Å². The van der Waals surface area contributed by atoms with Gasteiger partial charge in [-0.1, -0.05) is 17.8 Å². The number of allylic oxidation sites excluding steroid dienone is 1. The van der Waals surface area contributed by atoms with Crippen LogP contribution in [0.3, 0.4) is 0 Å². The van der Waals surface area contributed by atoms with Crippen molar-refractivity contribution in [2.24, 2.45) is 5.11 Å². The Hall–Kier alpha value is -2.59. The van der Waals surface area contributed by atoms with Crippen LogP contribution in [0.2, 0.25) is 0 Å². The minimum atomic E-state index is -1.22. The number of aromatic carboxylic acids is 1. The van der Waals surface area contributed by atoms with Crippen LogP contribution < -0.4 is 0 Å². The Morgan fingerprint density at radius 2 is 2.12 bits per heavy atom. The van der Waals surface area contributed by atoms with Crippen LogP contribution >= 0.6 is 0 Å². The highest BCUT2D eigenvalue weighted by atomic mass is 16.4. The molecule has 80 valence electrons. The summed E-state index contributed by atoms with van der Waals surface area (Å²) in [5.74, 6) is -1.76. The quantitative estimate of drug-likeness (QED) is 0.275. The molecule has 0 aliphatic rings. The van der Waals surface area contributed by atoms with Crippen LogP contribution in [0.4, 0.5) is 5.69 Å². The lowest BCUT2D eigenvalue weighted by Gasteiger charge is -2.03. The predicted molar refractivity (Wildman–Crippen MR) is 56.7 cm³/mol. The number of hydrogen-bond donors (Lipinski definition) is 1. The molecule has 0 aromatic heterocycles. The first-order valence-corrected chi connectivity index (χ1v) is 4.19. The van der Waals surface area contributed by atoms with E-state index < -0.39 is 11.8 Å². The molecule has 6 nitrogen and oxygen atoms in total. The third-order valence-electron chi connectivity index (χ3n) is 1.84. The highest BCUT2D eigenvalue weighted by Gasteiger charge is 2.14. The summed E-state index contributed by atoms with van der Waals surface area (Å²) in [5, 5.41) is 12.1. The molecular formula is C10H7N3O3. The topological polar surface area (TPSA) is 103 Å². The number of carbonyl (C=O) groups is 2. The van der Waals surface area contributed by atoms with E-state index in [1.807, 2.05) is 0 Å². The number of carboxylic acids is 1. The van der Waals surface area contributed by atoms with Gasteiger partial charge in [-0.15, -0.1) is 0 Å². The van der Waals surface area contributed by atoms with Gasteiger partial charge in [0.25, 0.3) is 0 Å². The van der Waals surface area contributed by atoms with E-state index in [1.165, 1.54) is 18.2 Å². The second-order valence-electron chi connectivity index (χ2n) is 2.79. The number of carbonyl (C=O) groups excluding carboxylic acids is 1. The molecule has 0 fully saturated rings. The van der Waals surface area contributed by atoms with E-state index in [0.29, 0.717) is 0 Å². The average molecular weight is 217 g/mol. The van der Waals surface area contributed by atoms with Gasteiger partial charge in [0.05, 0.1) is 5.56 Å². The molecule has 0 bridgehead atoms. The molecule has 1 aromatic carbocycles. The molecule has 0 heterocycles. The van der Waals surface area contributed by atoms with E-state index in [-0.39, 0.29) is 16.8 Å². The van der Waals surface area contributed by atoms with Crippen LogP contribution in [0.1, 0.15) is 20.7 Å². The van der Waals surface area contributed by atoms with E-state index in [1.54, 1.807) is 0 Å². The van der Waals surface area contributed by atoms with Crippen molar-refractivity contribution in [3.8, 4) is 0 Å². The predicted octanol–water partition coefficient (Wildman–Crippen LogP) is 2.70. The summed E-state index contributed by atoms with van der Waals surface area (Å²) in [5.41, 5.74) is 8.20. The summed E-state index contributed by atoms with van der Waals surface area (Å²) in [7, 11) is 0. The molecule has 0 spiro atoms. The van der Waals surface area contributed by atoms with Crippen molar-refractivity contribution in [3.63, 3.8) is 0 Å². The Bertz CT molecular complexity index is 516. The first-order chi connectivity index (χ1) is 7.60. The first-order valence-electron chi connectivity index (χ1n) is 4.19. The maximum Gasteiger partial charge on any atom is 0.336 e. The summed E-state index contributed by atoms with van der Waals surface area (Å²) in [6, 6.07) is 3.75. The molecule has 0 atom stereocenters. The lowest BCUT2D eigenvalue weighted by Crippen LogP contribution is -2.06. The summed E-state index contributed by atoms with van der Waals surface area (Å²) < 4.78 is 0. The van der Waals surface area contributed by atoms with E-state index in [9.17, 15) is 9.59 Å². The minimum Gasteiger partial charge on any atom is -0.478 e. The Morgan fingerprint density at radius 1 is 1.44 bits per heavy atom. The Morgan fingerprint density at radius 3 is 2.62 bits per heavy atom. The molecule has 1 aromatic rings. The van der Waals surface area contributed by atoms with Crippen LogP contribution in [0.25, 0.3) is 10.4 Å². The van der Waals surface area contributed by atoms with Crippen molar-refractivity contribution in [1.29, 1.82) is 0 Å². The molecular weight excluding hydrogens is 210 g/mol. The van der Waals surface area contributed by atoms with Gasteiger partial charge in [-0.2, -0.15) is 0 Å². The second kappa shape index (κ2) is 4.77. The fraction of sp³-hybridized carbons (Fsp3) is 0. The Labute approximate surface area is 90.5 Å². The van der Waals surface area contributed by atoms with E-state index in [2.05, 4.69) is 16.6 Å². The molecule has 1 rings (SSSR count). The molecule has 0 radical (unpaired) electrons. The molecule has 16 heavy (non-hydrogen) atoms. The Kier molecular flexibility index (Phi) is 3.42. The highest BCUT2D eigenvalue weighted by Crippen LogP contribution is 2.19. The summed E-state index contributed by atoms with van der Waals surface area (Å²) in [4.78, 5) is 24.7. The van der Waals surface area contributed by atoms with Gasteiger partial charge in [0.15, 0.2) is 5.78 Å². The van der Waals surface area contributed by atoms with Crippen LogP contribution in [0.5, 0.6) is 0 Å². The smallest absolute Gasteiger partial charge is 0.336 e. The van der Waals surface area contributed by atoms with Crippen LogP contribution in [-0.4, -0.2) is 16.9 Å². The zero-order valence-electron chi connectivity index (χ0n) is 8.12. The molecule has 0 amide bonds. The zero-order chi connectivity index (χ0) is 12.1. The monoisotopic (exact) mass is 217 g/mol. The normalized spacial score (nSPS) is 9.00. The van der Waals surface area contributed by atoms with Gasteiger partial charge in [-0.05, 0) is 23.7 Å². The molecule has 0 unspecified atom stereocenters. The standard InChI is InChI=1S/C10H7N3O3/c1-2-9(14)8-5-6(12-13-11)3-4-7(8)10(15)16/h2-5H,1H2,(H,15,16). The van der Waals surface area contributed by atoms with E-state index in [4.69, 9.17) is 10.6 Å². The van der Waals surface area contributed by atoms with Gasteiger partial charge in [0.2, 0.25) is 0 Å². The van der Waals surface area contributed by atoms with Gasteiger partial charge < -0.3 is 5.11 Å². The van der Waals surface area contributed by atoms with Gasteiger partial charge >= 0.3 is 5.97 Å². The molecule has 0 saturated carbocycles. The molecule has 1 N–H and O–H groups in total. The van der Waals surface area contributed by atoms with Gasteiger partial charge in [0.1, 0.15) is 0 Å². The number of carboxylic acid groups (broad SMARTS) is 1. The second-order valence-corrected chi connectivity index (χ2v) is 2.79. The van der Waals surface area contributed by atoms with E-state index in [0.717, 1.165) is 6.08 Å². The SMILES string of the molecule is C=CC(=O)c1cc(N=[N+]=[N-])ccc1C(=O)O. The van der Waals surface area contributed by atoms with Crippen molar-refractivity contribution in [3.05, 3.63) is 52.4 Å². The van der Waals surface area contributed by atoms with Crippen molar-refractivity contribution in [1.82, 2.24) is 0 Å².